The lowest BCUT2D eigenvalue weighted by Crippen LogP contribution is -2.36. The molecule has 1 aliphatic heterocycles. The van der Waals surface area contributed by atoms with Gasteiger partial charge in [0, 0.05) is 0 Å². The van der Waals surface area contributed by atoms with Crippen molar-refractivity contribution in [3.63, 3.8) is 0 Å². The molecule has 1 N–H and O–H groups in total. The number of unbranched alkanes of at least 4 members (excludes halogenated alkanes) is 1. The number of hydrogen-bond donors (Lipinski definition) is 1. The molecule has 1 heterocycles. The van der Waals surface area contributed by atoms with Crippen LogP contribution in [-0.4, -0.2) is 35.1 Å². The van der Waals surface area contributed by atoms with Gasteiger partial charge >= 0.3 is 5.97 Å². The summed E-state index contributed by atoms with van der Waals surface area (Å²) in [4.78, 5) is 13.3. The van der Waals surface area contributed by atoms with Crippen LogP contribution in [0.2, 0.25) is 0 Å². The van der Waals surface area contributed by atoms with Crippen molar-refractivity contribution in [3.8, 4) is 11.5 Å². The van der Waals surface area contributed by atoms with Gasteiger partial charge in [0.1, 0.15) is 17.5 Å². The molecule has 4 nitrogen and oxygen atoms in total. The van der Waals surface area contributed by atoms with Crippen LogP contribution in [0.1, 0.15) is 31.2 Å². The fourth-order valence-electron chi connectivity index (χ4n) is 3.37. The molecular formula is C21H25NO3. The summed E-state index contributed by atoms with van der Waals surface area (Å²) in [6, 6.07) is 17.7. The number of likely N-dealkylation sites (tertiary alicyclic amines) is 1. The third kappa shape index (κ3) is 5.07. The van der Waals surface area contributed by atoms with E-state index < -0.39 is 5.97 Å². The highest BCUT2D eigenvalue weighted by Crippen LogP contribution is 2.22. The largest absolute Gasteiger partial charge is 0.480 e. The Bertz CT molecular complexity index is 669. The van der Waals surface area contributed by atoms with E-state index in [0.717, 1.165) is 56.7 Å². The maximum absolute atomic E-state index is 11.2. The number of carboxylic acids is 1. The number of ether oxygens (including phenoxy) is 1. The van der Waals surface area contributed by atoms with Crippen molar-refractivity contribution in [3.05, 3.63) is 60.2 Å². The molecule has 1 saturated heterocycles. The van der Waals surface area contributed by atoms with Gasteiger partial charge < -0.3 is 9.84 Å². The van der Waals surface area contributed by atoms with Crippen LogP contribution in [0.25, 0.3) is 0 Å². The van der Waals surface area contributed by atoms with E-state index in [2.05, 4.69) is 17.0 Å². The number of hydrogen-bond acceptors (Lipinski definition) is 3. The molecule has 2 aromatic carbocycles. The van der Waals surface area contributed by atoms with Gasteiger partial charge in [0.25, 0.3) is 0 Å². The van der Waals surface area contributed by atoms with Gasteiger partial charge in [-0.2, -0.15) is 0 Å². The smallest absolute Gasteiger partial charge is 0.320 e. The summed E-state index contributed by atoms with van der Waals surface area (Å²) in [5, 5.41) is 9.20. The molecule has 1 fully saturated rings. The van der Waals surface area contributed by atoms with Crippen LogP contribution in [0.15, 0.2) is 54.6 Å². The minimum atomic E-state index is -0.675. The van der Waals surface area contributed by atoms with Crippen molar-refractivity contribution >= 4 is 5.97 Å². The molecule has 0 unspecified atom stereocenters. The summed E-state index contributed by atoms with van der Waals surface area (Å²) in [6.07, 6.45) is 4.91. The fraction of sp³-hybridized carbons (Fsp3) is 0.381. The van der Waals surface area contributed by atoms with Crippen LogP contribution in [-0.2, 0) is 11.2 Å². The SMILES string of the molecule is O=C(O)[C@@H]1CCCN1CCCCc1ccc(Oc2ccccc2)cc1. The molecule has 2 aromatic rings. The van der Waals surface area contributed by atoms with Crippen molar-refractivity contribution in [2.24, 2.45) is 0 Å². The number of carbonyl (C=O) groups is 1. The number of nitrogens with zero attached hydrogens (tertiary/aromatic N) is 1. The second-order valence-electron chi connectivity index (χ2n) is 6.55. The van der Waals surface area contributed by atoms with Crippen LogP contribution in [0.4, 0.5) is 0 Å². The normalized spacial score (nSPS) is 17.5. The Balaban J connectivity index is 1.41. The molecule has 0 bridgehead atoms. The highest BCUT2D eigenvalue weighted by atomic mass is 16.5. The monoisotopic (exact) mass is 339 g/mol. The Morgan fingerprint density at radius 3 is 2.48 bits per heavy atom. The van der Waals surface area contributed by atoms with E-state index in [1.807, 2.05) is 42.5 Å². The van der Waals surface area contributed by atoms with Crippen molar-refractivity contribution < 1.29 is 14.6 Å². The van der Waals surface area contributed by atoms with E-state index >= 15 is 0 Å². The topological polar surface area (TPSA) is 49.8 Å². The number of aryl methyl sites for hydroxylation is 1. The van der Waals surface area contributed by atoms with Crippen LogP contribution in [0, 0.1) is 0 Å². The number of benzene rings is 2. The Labute approximate surface area is 149 Å². The summed E-state index contributed by atoms with van der Waals surface area (Å²) in [5.41, 5.74) is 1.29. The quantitative estimate of drug-likeness (QED) is 0.727. The first-order chi connectivity index (χ1) is 12.2. The fourth-order valence-corrected chi connectivity index (χ4v) is 3.37. The van der Waals surface area contributed by atoms with Crippen LogP contribution in [0.5, 0.6) is 11.5 Å². The van der Waals surface area contributed by atoms with Crippen molar-refractivity contribution in [2.45, 2.75) is 38.1 Å². The van der Waals surface area contributed by atoms with Crippen LogP contribution in [0.3, 0.4) is 0 Å². The minimum absolute atomic E-state index is 0.269. The highest BCUT2D eigenvalue weighted by Gasteiger charge is 2.29. The number of aliphatic carboxylic acids is 1. The van der Waals surface area contributed by atoms with Gasteiger partial charge in [-0.15, -0.1) is 0 Å². The lowest BCUT2D eigenvalue weighted by molar-refractivity contribution is -0.142. The van der Waals surface area contributed by atoms with Crippen LogP contribution >= 0.6 is 0 Å². The summed E-state index contributed by atoms with van der Waals surface area (Å²) in [5.74, 6) is 1.01. The van der Waals surface area contributed by atoms with Crippen molar-refractivity contribution in [1.29, 1.82) is 0 Å². The maximum Gasteiger partial charge on any atom is 0.320 e. The summed E-state index contributed by atoms with van der Waals surface area (Å²) < 4.78 is 5.80. The first-order valence-electron chi connectivity index (χ1n) is 9.01. The predicted octanol–water partition coefficient (Wildman–Crippen LogP) is 4.35. The van der Waals surface area contributed by atoms with Gasteiger partial charge in [-0.1, -0.05) is 30.3 Å². The van der Waals surface area contributed by atoms with Gasteiger partial charge in [-0.25, -0.2) is 0 Å². The zero-order valence-electron chi connectivity index (χ0n) is 14.4. The third-order valence-corrected chi connectivity index (χ3v) is 4.71. The summed E-state index contributed by atoms with van der Waals surface area (Å²) >= 11 is 0. The lowest BCUT2D eigenvalue weighted by atomic mass is 10.1. The number of carboxylic acid groups (broad SMARTS) is 1. The molecule has 0 aliphatic carbocycles. The molecule has 4 heteroatoms. The molecule has 0 saturated carbocycles. The van der Waals surface area contributed by atoms with E-state index in [1.165, 1.54) is 5.56 Å². The van der Waals surface area contributed by atoms with Gasteiger partial charge in [0.15, 0.2) is 0 Å². The molecular weight excluding hydrogens is 314 g/mol. The second kappa shape index (κ2) is 8.67. The van der Waals surface area contributed by atoms with Gasteiger partial charge in [0.2, 0.25) is 0 Å². The zero-order valence-corrected chi connectivity index (χ0v) is 14.4. The third-order valence-electron chi connectivity index (χ3n) is 4.71. The zero-order chi connectivity index (χ0) is 17.5. The van der Waals surface area contributed by atoms with Gasteiger partial charge in [-0.05, 0) is 75.0 Å². The molecule has 0 amide bonds. The molecule has 0 spiro atoms. The first-order valence-corrected chi connectivity index (χ1v) is 9.01. The average molecular weight is 339 g/mol. The van der Waals surface area contributed by atoms with Crippen LogP contribution < -0.4 is 4.74 Å². The Kier molecular flexibility index (Phi) is 6.07. The Morgan fingerprint density at radius 1 is 1.04 bits per heavy atom. The van der Waals surface area contributed by atoms with E-state index in [9.17, 15) is 9.90 Å². The first kappa shape index (κ1) is 17.5. The highest BCUT2D eigenvalue weighted by molar-refractivity contribution is 5.73. The molecule has 25 heavy (non-hydrogen) atoms. The molecule has 3 rings (SSSR count). The number of para-hydroxylation sites is 1. The lowest BCUT2D eigenvalue weighted by Gasteiger charge is -2.20. The molecule has 1 atom stereocenters. The van der Waals surface area contributed by atoms with E-state index in [0.29, 0.717) is 0 Å². The van der Waals surface area contributed by atoms with E-state index in [4.69, 9.17) is 4.74 Å². The van der Waals surface area contributed by atoms with Crippen molar-refractivity contribution in [1.82, 2.24) is 4.90 Å². The second-order valence-corrected chi connectivity index (χ2v) is 6.55. The molecule has 0 aromatic heterocycles. The average Bonchev–Trinajstić information content (AvgIpc) is 3.10. The number of rotatable bonds is 8. The van der Waals surface area contributed by atoms with E-state index in [-0.39, 0.29) is 6.04 Å². The van der Waals surface area contributed by atoms with E-state index in [1.54, 1.807) is 0 Å². The van der Waals surface area contributed by atoms with Gasteiger partial charge in [0.05, 0.1) is 0 Å². The maximum atomic E-state index is 11.2. The van der Waals surface area contributed by atoms with Gasteiger partial charge in [-0.3, -0.25) is 9.69 Å². The Morgan fingerprint density at radius 2 is 1.76 bits per heavy atom. The summed E-state index contributed by atoms with van der Waals surface area (Å²) in [7, 11) is 0. The Hall–Kier alpha value is -2.33. The summed E-state index contributed by atoms with van der Waals surface area (Å²) in [6.45, 7) is 1.80. The molecule has 1 aliphatic rings. The standard InChI is InChI=1S/C21H25NO3/c23-21(24)20-10-6-16-22(20)15-5-4-7-17-11-13-19(14-12-17)25-18-8-2-1-3-9-18/h1-3,8-9,11-14,20H,4-7,10,15-16H2,(H,23,24)/t20-/m0/s1. The van der Waals surface area contributed by atoms with Crippen molar-refractivity contribution in [2.75, 3.05) is 13.1 Å². The minimum Gasteiger partial charge on any atom is -0.480 e. The molecule has 0 radical (unpaired) electrons. The predicted molar refractivity (Wildman–Crippen MR) is 98.1 cm³/mol. The molecule has 132 valence electrons.